The molecule has 2 aromatic heterocycles. The largest absolute Gasteiger partial charge is 0.463 e. The maximum atomic E-state index is 12.4. The summed E-state index contributed by atoms with van der Waals surface area (Å²) < 4.78 is 10.3. The summed E-state index contributed by atoms with van der Waals surface area (Å²) in [5.41, 5.74) is 1.95. The molecule has 0 spiro atoms. The average molecular weight is 481 g/mol. The third-order valence-electron chi connectivity index (χ3n) is 4.61. The monoisotopic (exact) mass is 480 g/mol. The number of hydrogen-bond donors (Lipinski definition) is 0. The molecule has 0 N–H and O–H groups in total. The fourth-order valence-electron chi connectivity index (χ4n) is 2.91. The molecule has 1 aromatic carbocycles. The maximum absolute atomic E-state index is 12.4. The van der Waals surface area contributed by atoms with Crippen molar-refractivity contribution in [1.82, 2.24) is 18.7 Å². The zero-order valence-electron chi connectivity index (χ0n) is 16.6. The van der Waals surface area contributed by atoms with Gasteiger partial charge in [0.1, 0.15) is 6.61 Å². The van der Waals surface area contributed by atoms with E-state index in [9.17, 15) is 14.4 Å². The molecule has 29 heavy (non-hydrogen) atoms. The van der Waals surface area contributed by atoms with E-state index in [1.165, 1.54) is 29.7 Å². The smallest absolute Gasteiger partial charge is 0.332 e. The molecule has 0 amide bonds. The Kier molecular flexibility index (Phi) is 6.33. The molecule has 2 heterocycles. The first-order valence-electron chi connectivity index (χ1n) is 8.86. The zero-order valence-corrected chi connectivity index (χ0v) is 19.0. The molecule has 0 fully saturated rings. The van der Waals surface area contributed by atoms with Gasteiger partial charge in [0, 0.05) is 23.5 Å². The van der Waals surface area contributed by atoms with E-state index < -0.39 is 11.2 Å². The number of aryl methyl sites for hydroxylation is 3. The van der Waals surface area contributed by atoms with Crippen LogP contribution in [0.5, 0.6) is 0 Å². The lowest BCUT2D eigenvalue weighted by molar-refractivity contribution is -0.140. The molecule has 3 rings (SSSR count). The Balaban J connectivity index is 1.62. The number of halogens is 1. The number of carbonyl (C=O) groups excluding carboxylic acids is 1. The van der Waals surface area contributed by atoms with Crippen LogP contribution in [0.1, 0.15) is 11.1 Å². The molecule has 0 unspecified atom stereocenters. The van der Waals surface area contributed by atoms with E-state index in [0.717, 1.165) is 25.1 Å². The Labute approximate surface area is 179 Å². The van der Waals surface area contributed by atoms with Crippen LogP contribution in [0.15, 0.2) is 37.4 Å². The topological polar surface area (TPSA) is 88.1 Å². The molecular weight excluding hydrogens is 460 g/mol. The zero-order chi connectivity index (χ0) is 21.3. The quantitative estimate of drug-likeness (QED) is 0.396. The lowest BCUT2D eigenvalue weighted by atomic mass is 10.2. The van der Waals surface area contributed by atoms with Gasteiger partial charge in [-0.1, -0.05) is 15.9 Å². The van der Waals surface area contributed by atoms with Crippen molar-refractivity contribution in [3.05, 3.63) is 54.9 Å². The molecular formula is C19H21BrN4O4S. The highest BCUT2D eigenvalue weighted by molar-refractivity contribution is 9.10. The van der Waals surface area contributed by atoms with Crippen LogP contribution < -0.4 is 11.2 Å². The summed E-state index contributed by atoms with van der Waals surface area (Å²) >= 11 is 4.93. The van der Waals surface area contributed by atoms with Gasteiger partial charge in [-0.2, -0.15) is 0 Å². The van der Waals surface area contributed by atoms with E-state index in [2.05, 4.69) is 20.9 Å². The van der Waals surface area contributed by atoms with E-state index in [1.54, 1.807) is 11.6 Å². The molecule has 154 valence electrons. The van der Waals surface area contributed by atoms with Crippen molar-refractivity contribution in [2.24, 2.45) is 14.1 Å². The molecule has 0 radical (unpaired) electrons. The molecule has 0 aliphatic carbocycles. The van der Waals surface area contributed by atoms with Gasteiger partial charge in [-0.15, -0.1) is 11.8 Å². The second-order valence-electron chi connectivity index (χ2n) is 6.69. The Morgan fingerprint density at radius 1 is 1.17 bits per heavy atom. The number of imidazole rings is 1. The number of ether oxygens (including phenoxy) is 1. The van der Waals surface area contributed by atoms with Crippen LogP contribution in [0.25, 0.3) is 11.2 Å². The van der Waals surface area contributed by atoms with Gasteiger partial charge in [-0.3, -0.25) is 18.7 Å². The Morgan fingerprint density at radius 2 is 1.90 bits per heavy atom. The van der Waals surface area contributed by atoms with E-state index in [1.807, 2.05) is 26.0 Å². The van der Waals surface area contributed by atoms with Gasteiger partial charge in [0.2, 0.25) is 0 Å². The lowest BCUT2D eigenvalue weighted by Crippen LogP contribution is -2.37. The Morgan fingerprint density at radius 3 is 2.62 bits per heavy atom. The van der Waals surface area contributed by atoms with Crippen LogP contribution in [0.2, 0.25) is 0 Å². The van der Waals surface area contributed by atoms with Crippen molar-refractivity contribution in [2.45, 2.75) is 25.3 Å². The molecule has 0 aliphatic rings. The number of rotatable bonds is 6. The number of hydrogen-bond acceptors (Lipinski definition) is 6. The number of fused-ring (bicyclic) bond motifs is 1. The molecule has 10 heteroatoms. The van der Waals surface area contributed by atoms with Crippen LogP contribution in [0.4, 0.5) is 0 Å². The van der Waals surface area contributed by atoms with Crippen LogP contribution in [0, 0.1) is 13.8 Å². The van der Waals surface area contributed by atoms with E-state index in [0.29, 0.717) is 11.2 Å². The normalized spacial score (nSPS) is 11.2. The fraction of sp³-hybridized carbons (Fsp3) is 0.368. The molecule has 0 aliphatic heterocycles. The fourth-order valence-corrected chi connectivity index (χ4v) is 4.27. The third-order valence-corrected chi connectivity index (χ3v) is 6.60. The maximum Gasteiger partial charge on any atom is 0.332 e. The van der Waals surface area contributed by atoms with E-state index >= 15 is 0 Å². The number of benzene rings is 1. The standard InChI is InChI=1S/C19H21BrN4O4S/c1-11-8-14(12(2)7-13(11)20)29-9-15(25)28-6-5-24-10-21-17-16(24)18(26)23(4)19(27)22(17)3/h7-8,10H,5-6,9H2,1-4H3. The summed E-state index contributed by atoms with van der Waals surface area (Å²) in [7, 11) is 2.98. The van der Waals surface area contributed by atoms with Crippen LogP contribution in [-0.4, -0.2) is 37.0 Å². The summed E-state index contributed by atoms with van der Waals surface area (Å²) in [5.74, 6) is -0.136. The van der Waals surface area contributed by atoms with Crippen molar-refractivity contribution < 1.29 is 9.53 Å². The summed E-state index contributed by atoms with van der Waals surface area (Å²) in [4.78, 5) is 41.6. The molecule has 0 atom stereocenters. The van der Waals surface area contributed by atoms with Gasteiger partial charge in [0.05, 0.1) is 18.6 Å². The van der Waals surface area contributed by atoms with Crippen LogP contribution >= 0.6 is 27.7 Å². The van der Waals surface area contributed by atoms with Crippen molar-refractivity contribution in [3.63, 3.8) is 0 Å². The van der Waals surface area contributed by atoms with Gasteiger partial charge in [-0.05, 0) is 37.1 Å². The van der Waals surface area contributed by atoms with Crippen molar-refractivity contribution in [2.75, 3.05) is 12.4 Å². The average Bonchev–Trinajstić information content (AvgIpc) is 3.10. The summed E-state index contributed by atoms with van der Waals surface area (Å²) in [5, 5.41) is 0. The van der Waals surface area contributed by atoms with Gasteiger partial charge in [0.25, 0.3) is 5.56 Å². The minimum atomic E-state index is -0.435. The van der Waals surface area contributed by atoms with Crippen molar-refractivity contribution in [1.29, 1.82) is 0 Å². The highest BCUT2D eigenvalue weighted by atomic mass is 79.9. The number of esters is 1. The number of carbonyl (C=O) groups is 1. The van der Waals surface area contributed by atoms with Crippen LogP contribution in [-0.2, 0) is 30.2 Å². The molecule has 0 saturated heterocycles. The molecule has 8 nitrogen and oxygen atoms in total. The minimum absolute atomic E-state index is 0.106. The first-order valence-corrected chi connectivity index (χ1v) is 10.6. The highest BCUT2D eigenvalue weighted by Gasteiger charge is 2.14. The number of nitrogens with zero attached hydrogens (tertiary/aromatic N) is 4. The van der Waals surface area contributed by atoms with Gasteiger partial charge >= 0.3 is 11.7 Å². The predicted molar refractivity (Wildman–Crippen MR) is 116 cm³/mol. The molecule has 0 bridgehead atoms. The summed E-state index contributed by atoms with van der Waals surface area (Å²) in [6.07, 6.45) is 1.47. The Bertz CT molecular complexity index is 1210. The number of thioether (sulfide) groups is 1. The molecule has 3 aromatic rings. The second kappa shape index (κ2) is 8.58. The summed E-state index contributed by atoms with van der Waals surface area (Å²) in [6.45, 7) is 4.38. The van der Waals surface area contributed by atoms with Crippen LogP contribution in [0.3, 0.4) is 0 Å². The van der Waals surface area contributed by atoms with E-state index in [4.69, 9.17) is 4.74 Å². The third kappa shape index (κ3) is 4.32. The first kappa shape index (κ1) is 21.4. The lowest BCUT2D eigenvalue weighted by Gasteiger charge is -2.10. The van der Waals surface area contributed by atoms with Gasteiger partial charge in [0.15, 0.2) is 11.2 Å². The SMILES string of the molecule is Cc1cc(SCC(=O)OCCn2cnc3c2c(=O)n(C)c(=O)n3C)c(C)cc1Br. The van der Waals surface area contributed by atoms with Crippen molar-refractivity contribution >= 4 is 44.8 Å². The minimum Gasteiger partial charge on any atom is -0.463 e. The second-order valence-corrected chi connectivity index (χ2v) is 8.56. The Hall–Kier alpha value is -2.33. The van der Waals surface area contributed by atoms with Gasteiger partial charge in [-0.25, -0.2) is 9.78 Å². The van der Waals surface area contributed by atoms with Gasteiger partial charge < -0.3 is 9.30 Å². The van der Waals surface area contributed by atoms with E-state index in [-0.39, 0.29) is 24.9 Å². The predicted octanol–water partition coefficient (Wildman–Crippen LogP) is 2.15. The summed E-state index contributed by atoms with van der Waals surface area (Å²) in [6, 6.07) is 4.07. The first-order chi connectivity index (χ1) is 13.7. The highest BCUT2D eigenvalue weighted by Crippen LogP contribution is 2.28. The van der Waals surface area contributed by atoms with Crippen molar-refractivity contribution in [3.8, 4) is 0 Å². The number of aromatic nitrogens is 4. The molecule has 0 saturated carbocycles.